The molecule has 0 aliphatic rings. The molecule has 0 aliphatic heterocycles. The quantitative estimate of drug-likeness (QED) is 0.785. The molecule has 0 unspecified atom stereocenters. The van der Waals surface area contributed by atoms with Crippen LogP contribution in [0, 0.1) is 0 Å². The van der Waals surface area contributed by atoms with Crippen LogP contribution in [-0.2, 0) is 16.6 Å². The van der Waals surface area contributed by atoms with Crippen LogP contribution in [0.4, 0.5) is 0 Å². The predicted molar refractivity (Wildman–Crippen MR) is 60.6 cm³/mol. The normalized spacial score (nSPS) is 12.3. The van der Waals surface area contributed by atoms with E-state index in [0.717, 1.165) is 0 Å². The third-order valence-corrected chi connectivity index (χ3v) is 5.14. The van der Waals surface area contributed by atoms with Crippen LogP contribution in [0.1, 0.15) is 5.76 Å². The Morgan fingerprint density at radius 1 is 1.50 bits per heavy atom. The Labute approximate surface area is 99.6 Å². The summed E-state index contributed by atoms with van der Waals surface area (Å²) in [5.74, 6) is 0.601. The Morgan fingerprint density at radius 2 is 2.14 bits per heavy atom. The van der Waals surface area contributed by atoms with E-state index in [1.807, 2.05) is 0 Å². The van der Waals surface area contributed by atoms with E-state index in [4.69, 9.17) is 4.42 Å². The van der Waals surface area contributed by atoms with Gasteiger partial charge < -0.3 is 4.42 Å². The third kappa shape index (κ3) is 3.08. The van der Waals surface area contributed by atoms with Gasteiger partial charge in [0.1, 0.15) is 10.4 Å². The lowest BCUT2D eigenvalue weighted by Crippen LogP contribution is -2.26. The van der Waals surface area contributed by atoms with Crippen LogP contribution >= 0.6 is 31.9 Å². The maximum absolute atomic E-state index is 11.3. The second-order valence-electron chi connectivity index (χ2n) is 2.68. The van der Waals surface area contributed by atoms with E-state index in [1.54, 1.807) is 12.1 Å². The summed E-state index contributed by atoms with van der Waals surface area (Å²) in [5.41, 5.74) is 0. The van der Waals surface area contributed by atoms with Gasteiger partial charge in [-0.3, -0.25) is 0 Å². The smallest absolute Gasteiger partial charge is 0.224 e. The van der Waals surface area contributed by atoms with Crippen molar-refractivity contribution in [1.82, 2.24) is 4.31 Å². The SMILES string of the molecule is CN(Cc1ccc(Br)o1)S(=O)(=O)CBr. The van der Waals surface area contributed by atoms with E-state index in [2.05, 4.69) is 31.9 Å². The van der Waals surface area contributed by atoms with Gasteiger partial charge in [0.25, 0.3) is 0 Å². The lowest BCUT2D eigenvalue weighted by atomic mass is 10.4. The molecule has 0 radical (unpaired) electrons. The molecular weight excluding hydrogens is 338 g/mol. The fourth-order valence-electron chi connectivity index (χ4n) is 0.838. The molecule has 0 aromatic carbocycles. The highest BCUT2D eigenvalue weighted by Crippen LogP contribution is 2.16. The molecule has 0 spiro atoms. The summed E-state index contributed by atoms with van der Waals surface area (Å²) in [7, 11) is -1.71. The number of sulfonamides is 1. The molecule has 14 heavy (non-hydrogen) atoms. The van der Waals surface area contributed by atoms with Crippen molar-refractivity contribution in [2.75, 3.05) is 11.7 Å². The van der Waals surface area contributed by atoms with E-state index < -0.39 is 10.0 Å². The largest absolute Gasteiger partial charge is 0.453 e. The van der Waals surface area contributed by atoms with Crippen molar-refractivity contribution in [2.24, 2.45) is 0 Å². The summed E-state index contributed by atoms with van der Waals surface area (Å²) in [5, 5.41) is 0. The molecule has 7 heteroatoms. The van der Waals surface area contributed by atoms with E-state index in [0.29, 0.717) is 10.4 Å². The maximum atomic E-state index is 11.3. The lowest BCUT2D eigenvalue weighted by molar-refractivity contribution is 0.400. The van der Waals surface area contributed by atoms with E-state index in [9.17, 15) is 8.42 Å². The number of hydrogen-bond donors (Lipinski definition) is 0. The zero-order valence-corrected chi connectivity index (χ0v) is 11.4. The van der Waals surface area contributed by atoms with Crippen LogP contribution in [0.25, 0.3) is 0 Å². The molecule has 0 saturated heterocycles. The Balaban J connectivity index is 2.71. The van der Waals surface area contributed by atoms with Gasteiger partial charge in [-0.15, -0.1) is 0 Å². The van der Waals surface area contributed by atoms with Crippen molar-refractivity contribution in [1.29, 1.82) is 0 Å². The van der Waals surface area contributed by atoms with Crippen molar-refractivity contribution >= 4 is 41.9 Å². The Hall–Kier alpha value is 0.150. The van der Waals surface area contributed by atoms with E-state index >= 15 is 0 Å². The Bertz CT molecular complexity index is 401. The van der Waals surface area contributed by atoms with Crippen molar-refractivity contribution in [2.45, 2.75) is 6.54 Å². The minimum atomic E-state index is -3.21. The molecule has 1 heterocycles. The molecule has 1 aromatic heterocycles. The van der Waals surface area contributed by atoms with E-state index in [1.165, 1.54) is 11.4 Å². The van der Waals surface area contributed by atoms with Gasteiger partial charge in [0, 0.05) is 7.05 Å². The summed E-state index contributed by atoms with van der Waals surface area (Å²) < 4.78 is 29.6. The number of rotatable bonds is 4. The second kappa shape index (κ2) is 4.78. The minimum Gasteiger partial charge on any atom is -0.453 e. The van der Waals surface area contributed by atoms with Crippen LogP contribution in [0.3, 0.4) is 0 Å². The monoisotopic (exact) mass is 345 g/mol. The lowest BCUT2D eigenvalue weighted by Gasteiger charge is -2.13. The number of halogens is 2. The molecule has 1 rings (SSSR count). The van der Waals surface area contributed by atoms with Crippen LogP contribution in [-0.4, -0.2) is 24.4 Å². The van der Waals surface area contributed by atoms with Gasteiger partial charge in [0.05, 0.1) is 6.54 Å². The first kappa shape index (κ1) is 12.2. The van der Waals surface area contributed by atoms with Crippen molar-refractivity contribution in [3.8, 4) is 0 Å². The first-order chi connectivity index (χ1) is 6.45. The zero-order valence-electron chi connectivity index (χ0n) is 7.41. The highest BCUT2D eigenvalue weighted by Gasteiger charge is 2.17. The molecule has 0 atom stereocenters. The summed E-state index contributed by atoms with van der Waals surface area (Å²) >= 11 is 6.07. The van der Waals surface area contributed by atoms with Gasteiger partial charge >= 0.3 is 0 Å². The summed E-state index contributed by atoms with van der Waals surface area (Å²) in [6.45, 7) is 0.236. The minimum absolute atomic E-state index is 0.0849. The first-order valence-corrected chi connectivity index (χ1v) is 7.22. The maximum Gasteiger partial charge on any atom is 0.224 e. The average Bonchev–Trinajstić information content (AvgIpc) is 2.51. The number of hydrogen-bond acceptors (Lipinski definition) is 3. The summed E-state index contributed by atoms with van der Waals surface area (Å²) in [6, 6.07) is 3.45. The molecule has 80 valence electrons. The van der Waals surface area contributed by atoms with Crippen LogP contribution < -0.4 is 0 Å². The fourth-order valence-corrected chi connectivity index (χ4v) is 2.72. The van der Waals surface area contributed by atoms with Gasteiger partial charge in [-0.25, -0.2) is 8.42 Å². The molecule has 0 N–H and O–H groups in total. The Morgan fingerprint density at radius 3 is 2.57 bits per heavy atom. The summed E-state index contributed by atoms with van der Waals surface area (Å²) in [6.07, 6.45) is 0. The average molecular weight is 347 g/mol. The predicted octanol–water partition coefficient (Wildman–Crippen LogP) is 2.16. The topological polar surface area (TPSA) is 50.5 Å². The highest BCUT2D eigenvalue weighted by molar-refractivity contribution is 9.10. The van der Waals surface area contributed by atoms with Gasteiger partial charge in [-0.1, -0.05) is 15.9 Å². The van der Waals surface area contributed by atoms with Crippen molar-refractivity contribution in [3.05, 3.63) is 22.6 Å². The van der Waals surface area contributed by atoms with Crippen molar-refractivity contribution in [3.63, 3.8) is 0 Å². The molecule has 0 amide bonds. The zero-order chi connectivity index (χ0) is 10.8. The van der Waals surface area contributed by atoms with Gasteiger partial charge in [-0.2, -0.15) is 4.31 Å². The van der Waals surface area contributed by atoms with Crippen LogP contribution in [0.15, 0.2) is 21.2 Å². The van der Waals surface area contributed by atoms with Crippen LogP contribution in [0.5, 0.6) is 0 Å². The third-order valence-electron chi connectivity index (χ3n) is 1.62. The molecule has 0 aliphatic carbocycles. The second-order valence-corrected chi connectivity index (χ2v) is 6.84. The molecule has 0 saturated carbocycles. The van der Waals surface area contributed by atoms with Crippen molar-refractivity contribution < 1.29 is 12.8 Å². The van der Waals surface area contributed by atoms with Gasteiger partial charge in [0.15, 0.2) is 4.67 Å². The van der Waals surface area contributed by atoms with E-state index in [-0.39, 0.29) is 11.2 Å². The van der Waals surface area contributed by atoms with Gasteiger partial charge in [0.2, 0.25) is 10.0 Å². The number of alkyl halides is 1. The molecular formula is C7H9Br2NO3S. The molecule has 0 bridgehead atoms. The van der Waals surface area contributed by atoms with Crippen LogP contribution in [0.2, 0.25) is 0 Å². The standard InChI is InChI=1S/C7H9Br2NO3S/c1-10(14(11,12)5-8)4-6-2-3-7(9)13-6/h2-3H,4-5H2,1H3. The Kier molecular flexibility index (Phi) is 4.17. The number of furan rings is 1. The fraction of sp³-hybridized carbons (Fsp3) is 0.429. The molecule has 1 aromatic rings. The molecule has 0 fully saturated rings. The molecule has 4 nitrogen and oxygen atoms in total. The number of nitrogens with zero attached hydrogens (tertiary/aromatic N) is 1. The van der Waals surface area contributed by atoms with Gasteiger partial charge in [-0.05, 0) is 28.1 Å². The summed E-state index contributed by atoms with van der Waals surface area (Å²) in [4.78, 5) is 0. The highest BCUT2D eigenvalue weighted by atomic mass is 79.9. The first-order valence-electron chi connectivity index (χ1n) is 3.70.